The van der Waals surface area contributed by atoms with Gasteiger partial charge in [-0.25, -0.2) is 4.39 Å². The Morgan fingerprint density at radius 3 is 2.52 bits per heavy atom. The van der Waals surface area contributed by atoms with Gasteiger partial charge in [0.25, 0.3) is 5.91 Å². The maximum absolute atomic E-state index is 13.2. The summed E-state index contributed by atoms with van der Waals surface area (Å²) in [5.74, 6) is -0.381. The van der Waals surface area contributed by atoms with Gasteiger partial charge in [0.2, 0.25) is 0 Å². The lowest BCUT2D eigenvalue weighted by Gasteiger charge is -2.34. The molecule has 150 valence electrons. The number of aromatic nitrogens is 2. The van der Waals surface area contributed by atoms with E-state index in [1.807, 2.05) is 36.1 Å². The number of carbonyl (C=O) groups excluding carboxylic acids is 1. The van der Waals surface area contributed by atoms with E-state index in [0.29, 0.717) is 30.4 Å². The van der Waals surface area contributed by atoms with Crippen molar-refractivity contribution in [3.63, 3.8) is 0 Å². The van der Waals surface area contributed by atoms with Gasteiger partial charge in [-0.05, 0) is 30.7 Å². The third kappa shape index (κ3) is 4.49. The van der Waals surface area contributed by atoms with Gasteiger partial charge in [-0.1, -0.05) is 47.5 Å². The van der Waals surface area contributed by atoms with E-state index in [4.69, 9.17) is 11.6 Å². The molecule has 0 bridgehead atoms. The zero-order chi connectivity index (χ0) is 20.4. The van der Waals surface area contributed by atoms with Gasteiger partial charge in [-0.15, -0.1) is 0 Å². The van der Waals surface area contributed by atoms with Crippen molar-refractivity contribution < 1.29 is 9.18 Å². The monoisotopic (exact) mass is 412 g/mol. The smallest absolute Gasteiger partial charge is 0.271 e. The predicted molar refractivity (Wildman–Crippen MR) is 111 cm³/mol. The Bertz CT molecular complexity index is 1010. The molecule has 2 heterocycles. The molecule has 1 aromatic heterocycles. The Hall–Kier alpha value is -2.70. The number of halogens is 2. The summed E-state index contributed by atoms with van der Waals surface area (Å²) >= 11 is 6.13. The molecule has 1 fully saturated rings. The van der Waals surface area contributed by atoms with Crippen molar-refractivity contribution in [3.8, 4) is 11.3 Å². The van der Waals surface area contributed by atoms with E-state index in [0.717, 1.165) is 29.9 Å². The van der Waals surface area contributed by atoms with Crippen LogP contribution in [0.2, 0.25) is 5.02 Å². The summed E-state index contributed by atoms with van der Waals surface area (Å²) in [5.41, 5.74) is 4.31. The van der Waals surface area contributed by atoms with Gasteiger partial charge in [-0.2, -0.15) is 5.10 Å². The van der Waals surface area contributed by atoms with Gasteiger partial charge in [0.1, 0.15) is 11.5 Å². The first-order valence-corrected chi connectivity index (χ1v) is 9.95. The quantitative estimate of drug-likeness (QED) is 0.700. The number of hydrogen-bond donors (Lipinski definition) is 1. The number of carbonyl (C=O) groups is 1. The molecular weight excluding hydrogens is 391 g/mol. The number of nitrogens with one attached hydrogen (secondary N) is 1. The molecule has 7 heteroatoms. The van der Waals surface area contributed by atoms with Crippen molar-refractivity contribution >= 4 is 17.5 Å². The molecule has 0 atom stereocenters. The highest BCUT2D eigenvalue weighted by Gasteiger charge is 2.24. The number of aromatic amines is 1. The van der Waals surface area contributed by atoms with E-state index in [2.05, 4.69) is 15.1 Å². The molecule has 2 aromatic carbocycles. The Balaban J connectivity index is 1.36. The number of hydrogen-bond acceptors (Lipinski definition) is 3. The van der Waals surface area contributed by atoms with Crippen LogP contribution in [0.3, 0.4) is 0 Å². The van der Waals surface area contributed by atoms with E-state index < -0.39 is 0 Å². The second kappa shape index (κ2) is 8.35. The summed E-state index contributed by atoms with van der Waals surface area (Å²) in [6, 6.07) is 14.3. The van der Waals surface area contributed by atoms with Crippen LogP contribution in [0, 0.1) is 12.7 Å². The van der Waals surface area contributed by atoms with Crippen LogP contribution < -0.4 is 0 Å². The maximum Gasteiger partial charge on any atom is 0.271 e. The lowest BCUT2D eigenvalue weighted by atomic mass is 10.1. The van der Waals surface area contributed by atoms with Crippen LogP contribution in [0.4, 0.5) is 4.39 Å². The zero-order valence-corrected chi connectivity index (χ0v) is 16.9. The molecule has 0 radical (unpaired) electrons. The number of aryl methyl sites for hydroxylation is 1. The molecule has 0 spiro atoms. The Labute approximate surface area is 174 Å². The first-order chi connectivity index (χ1) is 14.0. The van der Waals surface area contributed by atoms with E-state index in [-0.39, 0.29) is 11.7 Å². The first kappa shape index (κ1) is 19.6. The summed E-state index contributed by atoms with van der Waals surface area (Å²) in [5, 5.41) is 7.60. The fourth-order valence-electron chi connectivity index (χ4n) is 3.47. The summed E-state index contributed by atoms with van der Waals surface area (Å²) in [6.45, 7) is 5.39. The fraction of sp³-hybridized carbons (Fsp3) is 0.273. The SMILES string of the molecule is Cc1ccc(-c2cc(C(=O)N3CCN(Cc4ccc(F)cc4Cl)CC3)[nH]n2)cc1. The molecule has 1 aliphatic rings. The normalized spacial score (nSPS) is 14.9. The van der Waals surface area contributed by atoms with Crippen molar-refractivity contribution in [2.24, 2.45) is 0 Å². The van der Waals surface area contributed by atoms with E-state index in [1.165, 1.54) is 17.7 Å². The zero-order valence-electron chi connectivity index (χ0n) is 16.2. The van der Waals surface area contributed by atoms with Crippen molar-refractivity contribution in [2.45, 2.75) is 13.5 Å². The van der Waals surface area contributed by atoms with E-state index >= 15 is 0 Å². The average Bonchev–Trinajstić information content (AvgIpc) is 3.21. The number of H-pyrrole nitrogens is 1. The number of piperazine rings is 1. The molecule has 1 saturated heterocycles. The number of rotatable bonds is 4. The highest BCUT2D eigenvalue weighted by atomic mass is 35.5. The molecule has 1 aliphatic heterocycles. The van der Waals surface area contributed by atoms with Gasteiger partial charge in [0, 0.05) is 43.3 Å². The first-order valence-electron chi connectivity index (χ1n) is 9.57. The second-order valence-electron chi connectivity index (χ2n) is 7.34. The number of nitrogens with zero attached hydrogens (tertiary/aromatic N) is 3. The van der Waals surface area contributed by atoms with E-state index in [9.17, 15) is 9.18 Å². The third-order valence-electron chi connectivity index (χ3n) is 5.22. The van der Waals surface area contributed by atoms with Crippen LogP contribution >= 0.6 is 11.6 Å². The van der Waals surface area contributed by atoms with Gasteiger partial charge in [0.15, 0.2) is 0 Å². The number of amides is 1. The van der Waals surface area contributed by atoms with Crippen molar-refractivity contribution in [3.05, 3.63) is 76.2 Å². The molecule has 3 aromatic rings. The second-order valence-corrected chi connectivity index (χ2v) is 7.74. The summed E-state index contributed by atoms with van der Waals surface area (Å²) < 4.78 is 13.2. The predicted octanol–water partition coefficient (Wildman–Crippen LogP) is 4.14. The lowest BCUT2D eigenvalue weighted by molar-refractivity contribution is 0.0622. The van der Waals surface area contributed by atoms with Gasteiger partial charge in [-0.3, -0.25) is 14.8 Å². The molecule has 0 aliphatic carbocycles. The van der Waals surface area contributed by atoms with Crippen LogP contribution in [0.25, 0.3) is 11.3 Å². The summed E-state index contributed by atoms with van der Waals surface area (Å²) in [6.07, 6.45) is 0. The molecular formula is C22H22ClFN4O. The van der Waals surface area contributed by atoms with Crippen molar-refractivity contribution in [1.29, 1.82) is 0 Å². The Morgan fingerprint density at radius 2 is 1.83 bits per heavy atom. The number of benzene rings is 2. The van der Waals surface area contributed by atoms with Crippen LogP contribution in [0.15, 0.2) is 48.5 Å². The highest BCUT2D eigenvalue weighted by Crippen LogP contribution is 2.21. The Morgan fingerprint density at radius 1 is 1.10 bits per heavy atom. The molecule has 1 N–H and O–H groups in total. The summed E-state index contributed by atoms with van der Waals surface area (Å²) in [7, 11) is 0. The molecule has 1 amide bonds. The average molecular weight is 413 g/mol. The topological polar surface area (TPSA) is 52.2 Å². The molecule has 0 saturated carbocycles. The van der Waals surface area contributed by atoms with Crippen molar-refractivity contribution in [2.75, 3.05) is 26.2 Å². The minimum absolute atomic E-state index is 0.0460. The van der Waals surface area contributed by atoms with E-state index in [1.54, 1.807) is 12.1 Å². The molecule has 5 nitrogen and oxygen atoms in total. The van der Waals surface area contributed by atoms with Gasteiger partial charge in [0.05, 0.1) is 5.69 Å². The maximum atomic E-state index is 13.2. The Kier molecular flexibility index (Phi) is 5.65. The van der Waals surface area contributed by atoms with Crippen molar-refractivity contribution in [1.82, 2.24) is 20.0 Å². The van der Waals surface area contributed by atoms with Crippen LogP contribution in [0.5, 0.6) is 0 Å². The summed E-state index contributed by atoms with van der Waals surface area (Å²) in [4.78, 5) is 16.9. The highest BCUT2D eigenvalue weighted by molar-refractivity contribution is 6.31. The minimum Gasteiger partial charge on any atom is -0.335 e. The van der Waals surface area contributed by atoms with Crippen LogP contribution in [-0.4, -0.2) is 52.1 Å². The fourth-order valence-corrected chi connectivity index (χ4v) is 3.70. The third-order valence-corrected chi connectivity index (χ3v) is 5.58. The minimum atomic E-state index is -0.335. The molecule has 0 unspecified atom stereocenters. The van der Waals surface area contributed by atoms with Crippen LogP contribution in [0.1, 0.15) is 21.6 Å². The molecule has 4 rings (SSSR count). The van der Waals surface area contributed by atoms with Crippen LogP contribution in [-0.2, 0) is 6.54 Å². The van der Waals surface area contributed by atoms with Gasteiger partial charge < -0.3 is 4.90 Å². The standard InChI is InChI=1S/C22H22ClFN4O/c1-15-2-4-16(5-3-15)20-13-21(26-25-20)22(29)28-10-8-27(9-11-28)14-17-6-7-18(24)12-19(17)23/h2-7,12-13H,8-11,14H2,1H3,(H,25,26). The lowest BCUT2D eigenvalue weighted by Crippen LogP contribution is -2.48. The largest absolute Gasteiger partial charge is 0.335 e. The molecule has 29 heavy (non-hydrogen) atoms. The van der Waals surface area contributed by atoms with Gasteiger partial charge >= 0.3 is 0 Å².